The van der Waals surface area contributed by atoms with Crippen molar-refractivity contribution in [1.29, 1.82) is 0 Å². The number of benzene rings is 1. The number of rotatable bonds is 6. The van der Waals surface area contributed by atoms with Gasteiger partial charge in [0.05, 0.1) is 18.1 Å². The Balaban J connectivity index is 1.52. The van der Waals surface area contributed by atoms with Crippen LogP contribution in [-0.2, 0) is 14.8 Å². The van der Waals surface area contributed by atoms with E-state index in [2.05, 4.69) is 24.1 Å². The number of hydrogen-bond acceptors (Lipinski definition) is 5. The summed E-state index contributed by atoms with van der Waals surface area (Å²) in [6.45, 7) is 8.79. The topological polar surface area (TPSA) is 79.0 Å². The van der Waals surface area contributed by atoms with Crippen LogP contribution in [0.5, 0.6) is 0 Å². The molecule has 0 bridgehead atoms. The van der Waals surface area contributed by atoms with Gasteiger partial charge in [-0.05, 0) is 70.0 Å². The predicted octanol–water partition coefficient (Wildman–Crippen LogP) is 1.56. The maximum atomic E-state index is 12.6. The quantitative estimate of drug-likeness (QED) is 0.771. The summed E-state index contributed by atoms with van der Waals surface area (Å²) in [5.41, 5.74) is 0.487. The molecule has 2 saturated heterocycles. The van der Waals surface area contributed by atoms with Gasteiger partial charge < -0.3 is 15.0 Å². The van der Waals surface area contributed by atoms with E-state index in [0.29, 0.717) is 50.4 Å². The first kappa shape index (κ1) is 21.2. The molecule has 2 aliphatic heterocycles. The van der Waals surface area contributed by atoms with Gasteiger partial charge in [-0.3, -0.25) is 4.79 Å². The average Bonchev–Trinajstić information content (AvgIpc) is 2.73. The molecule has 2 heterocycles. The molecule has 0 saturated carbocycles. The molecule has 0 unspecified atom stereocenters. The van der Waals surface area contributed by atoms with E-state index in [0.717, 1.165) is 25.9 Å². The predicted molar refractivity (Wildman–Crippen MR) is 108 cm³/mol. The molecule has 0 radical (unpaired) electrons. The van der Waals surface area contributed by atoms with Crippen LogP contribution in [0.15, 0.2) is 29.2 Å². The monoisotopic (exact) mass is 409 g/mol. The molecule has 0 aliphatic carbocycles. The molecule has 0 spiro atoms. The standard InChI is InChI=1S/C20H31N3O4S/c1-16(2)22-9-7-17(8-10-22)15-21-20(24)18-3-5-19(6-4-18)28(25,26)23-11-13-27-14-12-23/h3-6,16-17H,7-15H2,1-2H3,(H,21,24). The van der Waals surface area contributed by atoms with Gasteiger partial charge in [-0.2, -0.15) is 4.31 Å². The first-order valence-electron chi connectivity index (χ1n) is 10.1. The van der Waals surface area contributed by atoms with Gasteiger partial charge in [0.1, 0.15) is 0 Å². The van der Waals surface area contributed by atoms with Crippen molar-refractivity contribution >= 4 is 15.9 Å². The summed E-state index contributed by atoms with van der Waals surface area (Å²) in [7, 11) is -3.53. The second-order valence-electron chi connectivity index (χ2n) is 7.82. The molecule has 8 heteroatoms. The van der Waals surface area contributed by atoms with E-state index in [1.165, 1.54) is 16.4 Å². The number of carbonyl (C=O) groups is 1. The first-order valence-corrected chi connectivity index (χ1v) is 11.5. The summed E-state index contributed by atoms with van der Waals surface area (Å²) < 4.78 is 31.9. The second kappa shape index (κ2) is 9.35. The van der Waals surface area contributed by atoms with Gasteiger partial charge >= 0.3 is 0 Å². The molecule has 156 valence electrons. The molecule has 0 aromatic heterocycles. The number of morpholine rings is 1. The van der Waals surface area contributed by atoms with Crippen LogP contribution in [0, 0.1) is 5.92 Å². The van der Waals surface area contributed by atoms with Crippen molar-refractivity contribution in [2.75, 3.05) is 45.9 Å². The van der Waals surface area contributed by atoms with E-state index in [-0.39, 0.29) is 10.8 Å². The Morgan fingerprint density at radius 1 is 1.11 bits per heavy atom. The number of sulfonamides is 1. The maximum Gasteiger partial charge on any atom is 0.251 e. The number of ether oxygens (including phenoxy) is 1. The first-order chi connectivity index (χ1) is 13.4. The van der Waals surface area contributed by atoms with Crippen molar-refractivity contribution in [3.8, 4) is 0 Å². The van der Waals surface area contributed by atoms with Crippen LogP contribution >= 0.6 is 0 Å². The SMILES string of the molecule is CC(C)N1CCC(CNC(=O)c2ccc(S(=O)(=O)N3CCOCC3)cc2)CC1. The molecular weight excluding hydrogens is 378 g/mol. The largest absolute Gasteiger partial charge is 0.379 e. The van der Waals surface area contributed by atoms with Crippen LogP contribution < -0.4 is 5.32 Å². The van der Waals surface area contributed by atoms with Crippen LogP contribution in [0.2, 0.25) is 0 Å². The lowest BCUT2D eigenvalue weighted by Gasteiger charge is -2.34. The Labute approximate surface area is 168 Å². The van der Waals surface area contributed by atoms with Crippen molar-refractivity contribution in [3.63, 3.8) is 0 Å². The average molecular weight is 410 g/mol. The smallest absolute Gasteiger partial charge is 0.251 e. The summed E-state index contributed by atoms with van der Waals surface area (Å²) in [4.78, 5) is 15.1. The van der Waals surface area contributed by atoms with Gasteiger partial charge in [-0.1, -0.05) is 0 Å². The third-order valence-electron chi connectivity index (χ3n) is 5.66. The molecule has 3 rings (SSSR count). The highest BCUT2D eigenvalue weighted by atomic mass is 32.2. The molecule has 28 heavy (non-hydrogen) atoms. The van der Waals surface area contributed by atoms with Gasteiger partial charge in [0.15, 0.2) is 0 Å². The molecule has 7 nitrogen and oxygen atoms in total. The van der Waals surface area contributed by atoms with Gasteiger partial charge in [-0.15, -0.1) is 0 Å². The highest BCUT2D eigenvalue weighted by Crippen LogP contribution is 2.19. The fourth-order valence-corrected chi connectivity index (χ4v) is 5.13. The minimum absolute atomic E-state index is 0.151. The summed E-state index contributed by atoms with van der Waals surface area (Å²) in [5, 5.41) is 3.00. The lowest BCUT2D eigenvalue weighted by atomic mass is 9.96. The van der Waals surface area contributed by atoms with E-state index >= 15 is 0 Å². The molecular formula is C20H31N3O4S. The van der Waals surface area contributed by atoms with E-state index in [1.54, 1.807) is 12.1 Å². The summed E-state index contributed by atoms with van der Waals surface area (Å²) in [6, 6.07) is 6.78. The summed E-state index contributed by atoms with van der Waals surface area (Å²) >= 11 is 0. The zero-order chi connectivity index (χ0) is 20.1. The number of amides is 1. The molecule has 2 fully saturated rings. The Bertz CT molecular complexity index is 750. The maximum absolute atomic E-state index is 12.6. The number of nitrogens with zero attached hydrogens (tertiary/aromatic N) is 2. The summed E-state index contributed by atoms with van der Waals surface area (Å²) in [6.07, 6.45) is 2.18. The van der Waals surface area contributed by atoms with Crippen molar-refractivity contribution in [2.24, 2.45) is 5.92 Å². The Morgan fingerprint density at radius 2 is 1.71 bits per heavy atom. The number of likely N-dealkylation sites (tertiary alicyclic amines) is 1. The van der Waals surface area contributed by atoms with Crippen molar-refractivity contribution in [3.05, 3.63) is 29.8 Å². The van der Waals surface area contributed by atoms with Crippen molar-refractivity contribution in [2.45, 2.75) is 37.6 Å². The zero-order valence-corrected chi connectivity index (χ0v) is 17.6. The van der Waals surface area contributed by atoms with E-state index < -0.39 is 10.0 Å². The highest BCUT2D eigenvalue weighted by Gasteiger charge is 2.26. The lowest BCUT2D eigenvalue weighted by Crippen LogP contribution is -2.41. The number of piperidine rings is 1. The van der Waals surface area contributed by atoms with Crippen LogP contribution in [0.25, 0.3) is 0 Å². The fraction of sp³-hybridized carbons (Fsp3) is 0.650. The molecule has 1 aromatic rings. The van der Waals surface area contributed by atoms with Gasteiger partial charge in [-0.25, -0.2) is 8.42 Å². The van der Waals surface area contributed by atoms with Crippen molar-refractivity contribution < 1.29 is 17.9 Å². The number of nitrogens with one attached hydrogen (secondary N) is 1. The Kier molecular flexibility index (Phi) is 7.09. The van der Waals surface area contributed by atoms with Crippen LogP contribution in [0.1, 0.15) is 37.0 Å². The molecule has 0 atom stereocenters. The zero-order valence-electron chi connectivity index (χ0n) is 16.8. The van der Waals surface area contributed by atoms with Crippen molar-refractivity contribution in [1.82, 2.24) is 14.5 Å². The van der Waals surface area contributed by atoms with E-state index in [1.807, 2.05) is 0 Å². The minimum atomic E-state index is -3.53. The number of carbonyl (C=O) groups excluding carboxylic acids is 1. The lowest BCUT2D eigenvalue weighted by molar-refractivity contribution is 0.0730. The van der Waals surface area contributed by atoms with Crippen LogP contribution in [-0.4, -0.2) is 75.5 Å². The molecule has 1 aromatic carbocycles. The van der Waals surface area contributed by atoms with Gasteiger partial charge in [0, 0.05) is 31.2 Å². The van der Waals surface area contributed by atoms with Gasteiger partial charge in [0.25, 0.3) is 5.91 Å². The summed E-state index contributed by atoms with van der Waals surface area (Å²) in [5.74, 6) is 0.349. The second-order valence-corrected chi connectivity index (χ2v) is 9.76. The van der Waals surface area contributed by atoms with E-state index in [4.69, 9.17) is 4.74 Å². The Hall–Kier alpha value is -1.48. The fourth-order valence-electron chi connectivity index (χ4n) is 3.73. The van der Waals surface area contributed by atoms with Crippen LogP contribution in [0.4, 0.5) is 0 Å². The van der Waals surface area contributed by atoms with Crippen LogP contribution in [0.3, 0.4) is 0 Å². The third-order valence-corrected chi connectivity index (χ3v) is 7.57. The van der Waals surface area contributed by atoms with E-state index in [9.17, 15) is 13.2 Å². The van der Waals surface area contributed by atoms with Gasteiger partial charge in [0.2, 0.25) is 10.0 Å². The molecule has 1 N–H and O–H groups in total. The highest BCUT2D eigenvalue weighted by molar-refractivity contribution is 7.89. The molecule has 2 aliphatic rings. The Morgan fingerprint density at radius 3 is 2.29 bits per heavy atom. The normalized spacial score (nSPS) is 20.4. The molecule has 1 amide bonds. The minimum Gasteiger partial charge on any atom is -0.379 e. The number of hydrogen-bond donors (Lipinski definition) is 1. The third kappa shape index (κ3) is 5.11.